The van der Waals surface area contributed by atoms with E-state index in [0.29, 0.717) is 11.6 Å². The second kappa shape index (κ2) is 5.54. The van der Waals surface area contributed by atoms with Crippen molar-refractivity contribution in [3.63, 3.8) is 0 Å². The minimum atomic E-state index is -1.01. The van der Waals surface area contributed by atoms with E-state index in [1.54, 1.807) is 0 Å². The Morgan fingerprint density at radius 2 is 1.81 bits per heavy atom. The summed E-state index contributed by atoms with van der Waals surface area (Å²) < 4.78 is 6.66. The largest absolute Gasteiger partial charge is 0.478 e. The van der Waals surface area contributed by atoms with Gasteiger partial charge in [-0.05, 0) is 41.1 Å². The van der Waals surface area contributed by atoms with Crippen LogP contribution < -0.4 is 4.74 Å². The zero-order chi connectivity index (χ0) is 14.8. The molecule has 0 bridgehead atoms. The summed E-state index contributed by atoms with van der Waals surface area (Å²) in [5, 5.41) is 11.0. The summed E-state index contributed by atoms with van der Waals surface area (Å²) in [5.74, 6) is 0.00203. The summed E-state index contributed by atoms with van der Waals surface area (Å²) in [6.45, 7) is 0. The molecule has 104 valence electrons. The van der Waals surface area contributed by atoms with Crippen molar-refractivity contribution in [2.45, 2.75) is 0 Å². The van der Waals surface area contributed by atoms with Crippen LogP contribution in [-0.2, 0) is 0 Å². The van der Waals surface area contributed by atoms with Crippen molar-refractivity contribution >= 4 is 32.7 Å². The van der Waals surface area contributed by atoms with Gasteiger partial charge in [0.2, 0.25) is 5.88 Å². The molecule has 3 rings (SSSR count). The Balaban J connectivity index is 1.87. The molecule has 0 atom stereocenters. The van der Waals surface area contributed by atoms with E-state index in [2.05, 4.69) is 20.9 Å². The third-order valence-electron chi connectivity index (χ3n) is 2.98. The fraction of sp³-hybridized carbons (Fsp3) is 0. The number of rotatable bonds is 3. The number of nitrogens with zero attached hydrogens (tertiary/aromatic N) is 1. The van der Waals surface area contributed by atoms with Crippen LogP contribution in [0.15, 0.2) is 59.2 Å². The number of hydrogen-bond acceptors (Lipinski definition) is 3. The molecule has 2 aromatic carbocycles. The lowest BCUT2D eigenvalue weighted by atomic mass is 10.1. The lowest BCUT2D eigenvalue weighted by Gasteiger charge is -2.06. The van der Waals surface area contributed by atoms with Gasteiger partial charge < -0.3 is 9.84 Å². The summed E-state index contributed by atoms with van der Waals surface area (Å²) in [5.41, 5.74) is 0.130. The average Bonchev–Trinajstić information content (AvgIpc) is 2.48. The molecule has 0 aliphatic heterocycles. The van der Waals surface area contributed by atoms with Crippen molar-refractivity contribution in [2.24, 2.45) is 0 Å². The molecule has 0 saturated heterocycles. The summed E-state index contributed by atoms with van der Waals surface area (Å²) in [6, 6.07) is 14.7. The highest BCUT2D eigenvalue weighted by Gasteiger charge is 2.05. The summed E-state index contributed by atoms with van der Waals surface area (Å²) in [6.07, 6.45) is 1.27. The third-order valence-corrected chi connectivity index (χ3v) is 3.47. The van der Waals surface area contributed by atoms with Crippen LogP contribution >= 0.6 is 15.9 Å². The fourth-order valence-corrected chi connectivity index (χ4v) is 2.32. The van der Waals surface area contributed by atoms with Crippen LogP contribution in [0.5, 0.6) is 11.6 Å². The van der Waals surface area contributed by atoms with E-state index < -0.39 is 5.97 Å². The maximum atomic E-state index is 10.8. The average molecular weight is 344 g/mol. The zero-order valence-electron chi connectivity index (χ0n) is 10.8. The predicted octanol–water partition coefficient (Wildman–Crippen LogP) is 4.49. The van der Waals surface area contributed by atoms with Crippen LogP contribution in [0.3, 0.4) is 0 Å². The van der Waals surface area contributed by atoms with Gasteiger partial charge in [-0.2, -0.15) is 0 Å². The summed E-state index contributed by atoms with van der Waals surface area (Å²) in [4.78, 5) is 14.7. The number of aromatic carboxylic acids is 1. The first-order chi connectivity index (χ1) is 10.1. The Morgan fingerprint density at radius 1 is 1.05 bits per heavy atom. The van der Waals surface area contributed by atoms with Crippen molar-refractivity contribution in [2.75, 3.05) is 0 Å². The van der Waals surface area contributed by atoms with Crippen LogP contribution in [-0.4, -0.2) is 16.1 Å². The second-order valence-corrected chi connectivity index (χ2v) is 5.36. The fourth-order valence-electron chi connectivity index (χ4n) is 1.95. The van der Waals surface area contributed by atoms with E-state index in [4.69, 9.17) is 9.84 Å². The summed E-state index contributed by atoms with van der Waals surface area (Å²) >= 11 is 3.43. The van der Waals surface area contributed by atoms with Crippen LogP contribution in [0, 0.1) is 0 Å². The first-order valence-electron chi connectivity index (χ1n) is 6.18. The van der Waals surface area contributed by atoms with Crippen molar-refractivity contribution in [1.29, 1.82) is 0 Å². The van der Waals surface area contributed by atoms with Gasteiger partial charge >= 0.3 is 5.97 Å². The van der Waals surface area contributed by atoms with E-state index in [-0.39, 0.29) is 5.56 Å². The van der Waals surface area contributed by atoms with E-state index >= 15 is 0 Å². The Bertz CT molecular complexity index is 815. The highest BCUT2D eigenvalue weighted by atomic mass is 79.9. The molecule has 0 saturated carbocycles. The third kappa shape index (κ3) is 3.03. The zero-order valence-corrected chi connectivity index (χ0v) is 12.4. The predicted molar refractivity (Wildman–Crippen MR) is 82.9 cm³/mol. The quantitative estimate of drug-likeness (QED) is 0.761. The van der Waals surface area contributed by atoms with E-state index in [9.17, 15) is 4.79 Å². The molecule has 5 heteroatoms. The molecule has 0 aliphatic carbocycles. The molecule has 0 radical (unpaired) electrons. The number of hydrogen-bond donors (Lipinski definition) is 1. The number of benzene rings is 2. The standard InChI is InChI=1S/C16H10BrNO3/c17-13-4-1-11-8-14(5-2-10(11)7-13)21-15-6-3-12(9-18-15)16(19)20/h1-9H,(H,19,20). The van der Waals surface area contributed by atoms with Crippen molar-refractivity contribution in [1.82, 2.24) is 4.98 Å². The molecule has 0 unspecified atom stereocenters. The van der Waals surface area contributed by atoms with E-state index in [1.165, 1.54) is 18.3 Å². The van der Waals surface area contributed by atoms with Gasteiger partial charge in [-0.1, -0.05) is 28.1 Å². The van der Waals surface area contributed by atoms with Gasteiger partial charge in [-0.3, -0.25) is 0 Å². The number of carboxylic acid groups (broad SMARTS) is 1. The van der Waals surface area contributed by atoms with Crippen LogP contribution in [0.25, 0.3) is 10.8 Å². The topological polar surface area (TPSA) is 59.4 Å². The summed E-state index contributed by atoms with van der Waals surface area (Å²) in [7, 11) is 0. The molecule has 1 aromatic heterocycles. The van der Waals surface area contributed by atoms with Crippen LogP contribution in [0.2, 0.25) is 0 Å². The molecule has 0 amide bonds. The molecule has 3 aromatic rings. The SMILES string of the molecule is O=C(O)c1ccc(Oc2ccc3cc(Br)ccc3c2)nc1. The lowest BCUT2D eigenvalue weighted by molar-refractivity contribution is 0.0696. The number of carboxylic acids is 1. The molecule has 1 heterocycles. The second-order valence-electron chi connectivity index (χ2n) is 4.45. The molecule has 0 aliphatic rings. The number of carbonyl (C=O) groups is 1. The van der Waals surface area contributed by atoms with E-state index in [0.717, 1.165) is 15.2 Å². The monoisotopic (exact) mass is 343 g/mol. The Labute approximate surface area is 129 Å². The Kier molecular flexibility index (Phi) is 3.58. The smallest absolute Gasteiger partial charge is 0.337 e. The van der Waals surface area contributed by atoms with Crippen LogP contribution in [0.1, 0.15) is 10.4 Å². The molecular formula is C16H10BrNO3. The van der Waals surface area contributed by atoms with Gasteiger partial charge in [-0.25, -0.2) is 9.78 Å². The maximum Gasteiger partial charge on any atom is 0.337 e. The van der Waals surface area contributed by atoms with Gasteiger partial charge in [0.15, 0.2) is 0 Å². The van der Waals surface area contributed by atoms with Gasteiger partial charge in [0, 0.05) is 16.7 Å². The molecule has 0 spiro atoms. The van der Waals surface area contributed by atoms with Crippen LogP contribution in [0.4, 0.5) is 0 Å². The number of aromatic nitrogens is 1. The van der Waals surface area contributed by atoms with Gasteiger partial charge in [-0.15, -0.1) is 0 Å². The molecular weight excluding hydrogens is 334 g/mol. The van der Waals surface area contributed by atoms with Crippen molar-refractivity contribution < 1.29 is 14.6 Å². The number of fused-ring (bicyclic) bond motifs is 1. The highest BCUT2D eigenvalue weighted by molar-refractivity contribution is 9.10. The lowest BCUT2D eigenvalue weighted by Crippen LogP contribution is -1.97. The minimum absolute atomic E-state index is 0.130. The maximum absolute atomic E-state index is 10.8. The van der Waals surface area contributed by atoms with E-state index in [1.807, 2.05) is 36.4 Å². The molecule has 4 nitrogen and oxygen atoms in total. The van der Waals surface area contributed by atoms with Gasteiger partial charge in [0.25, 0.3) is 0 Å². The van der Waals surface area contributed by atoms with Gasteiger partial charge in [0.05, 0.1) is 5.56 Å². The molecule has 1 N–H and O–H groups in total. The Morgan fingerprint density at radius 3 is 2.52 bits per heavy atom. The molecule has 21 heavy (non-hydrogen) atoms. The first kappa shape index (κ1) is 13.6. The normalized spacial score (nSPS) is 10.5. The Hall–Kier alpha value is -2.40. The minimum Gasteiger partial charge on any atom is -0.478 e. The highest BCUT2D eigenvalue weighted by Crippen LogP contribution is 2.26. The number of halogens is 1. The number of ether oxygens (including phenoxy) is 1. The number of pyridine rings is 1. The van der Waals surface area contributed by atoms with Gasteiger partial charge in [0.1, 0.15) is 5.75 Å². The van der Waals surface area contributed by atoms with Crippen molar-refractivity contribution in [3.8, 4) is 11.6 Å². The first-order valence-corrected chi connectivity index (χ1v) is 6.98. The van der Waals surface area contributed by atoms with Crippen molar-refractivity contribution in [3.05, 3.63) is 64.8 Å². The molecule has 0 fully saturated rings.